The fraction of sp³-hybridized carbons (Fsp3) is 0.733. The van der Waals surface area contributed by atoms with E-state index in [4.69, 9.17) is 11.6 Å². The average Bonchev–Trinajstić information content (AvgIpc) is 2.86. The monoisotopic (exact) mass is 310 g/mol. The summed E-state index contributed by atoms with van der Waals surface area (Å²) in [6.07, 6.45) is 10.4. The first-order valence-corrected chi connectivity index (χ1v) is 8.84. The normalized spacial score (nSPS) is 38.1. The maximum Gasteiger partial charge on any atom is 0.241 e. The molecule has 3 nitrogen and oxygen atoms in total. The highest BCUT2D eigenvalue weighted by Gasteiger charge is 2.52. The molecule has 0 aliphatic heterocycles. The summed E-state index contributed by atoms with van der Waals surface area (Å²) in [7, 11) is 0. The number of halogens is 1. The van der Waals surface area contributed by atoms with Crippen LogP contribution in [-0.2, 0) is 10.2 Å². The zero-order valence-electron chi connectivity index (χ0n) is 11.4. The Kier molecular flexibility index (Phi) is 3.08. The molecule has 20 heavy (non-hydrogen) atoms. The van der Waals surface area contributed by atoms with Crippen LogP contribution in [0.1, 0.15) is 43.4 Å². The molecule has 0 atom stereocenters. The molecular formula is C15H19ClN2OS. The van der Waals surface area contributed by atoms with Gasteiger partial charge in [-0.15, -0.1) is 22.9 Å². The van der Waals surface area contributed by atoms with Crippen LogP contribution in [0.2, 0.25) is 0 Å². The van der Waals surface area contributed by atoms with Crippen molar-refractivity contribution in [2.75, 3.05) is 11.2 Å². The van der Waals surface area contributed by atoms with Gasteiger partial charge in [-0.1, -0.05) is 0 Å². The van der Waals surface area contributed by atoms with Gasteiger partial charge in [0, 0.05) is 16.5 Å². The summed E-state index contributed by atoms with van der Waals surface area (Å²) in [5.74, 6) is 2.63. The fourth-order valence-corrected chi connectivity index (χ4v) is 6.26. The first kappa shape index (κ1) is 13.1. The van der Waals surface area contributed by atoms with Gasteiger partial charge in [0.2, 0.25) is 5.91 Å². The summed E-state index contributed by atoms with van der Waals surface area (Å²) in [4.78, 5) is 17.1. The molecule has 4 aliphatic rings. The third-order valence-electron chi connectivity index (χ3n) is 5.43. The second-order valence-corrected chi connectivity index (χ2v) is 8.21. The van der Waals surface area contributed by atoms with Gasteiger partial charge in [-0.05, 0) is 56.3 Å². The SMILES string of the molecule is O=C(CCl)Nc1ncc(C23CC4CC(CC(C4)C2)C3)s1. The molecule has 1 aromatic heterocycles. The van der Waals surface area contributed by atoms with E-state index in [0.29, 0.717) is 10.5 Å². The highest BCUT2D eigenvalue weighted by atomic mass is 35.5. The topological polar surface area (TPSA) is 42.0 Å². The molecular weight excluding hydrogens is 292 g/mol. The summed E-state index contributed by atoms with van der Waals surface area (Å²) >= 11 is 7.19. The van der Waals surface area contributed by atoms with Crippen LogP contribution in [0.3, 0.4) is 0 Å². The van der Waals surface area contributed by atoms with E-state index in [0.717, 1.165) is 17.8 Å². The van der Waals surface area contributed by atoms with Gasteiger partial charge in [-0.25, -0.2) is 4.98 Å². The number of carbonyl (C=O) groups excluding carboxylic acids is 1. The Morgan fingerprint density at radius 2 is 1.90 bits per heavy atom. The van der Waals surface area contributed by atoms with Crippen LogP contribution in [-0.4, -0.2) is 16.8 Å². The van der Waals surface area contributed by atoms with Crippen molar-refractivity contribution in [1.82, 2.24) is 4.98 Å². The third-order valence-corrected chi connectivity index (χ3v) is 6.84. The molecule has 4 fully saturated rings. The van der Waals surface area contributed by atoms with E-state index in [1.54, 1.807) is 11.3 Å². The summed E-state index contributed by atoms with van der Waals surface area (Å²) in [5, 5.41) is 3.49. The lowest BCUT2D eigenvalue weighted by Crippen LogP contribution is -2.48. The van der Waals surface area contributed by atoms with E-state index in [1.165, 1.54) is 43.4 Å². The number of carbonyl (C=O) groups is 1. The third kappa shape index (κ3) is 2.08. The Labute approximate surface area is 128 Å². The second-order valence-electron chi connectivity index (χ2n) is 6.91. The van der Waals surface area contributed by atoms with Crippen molar-refractivity contribution in [2.24, 2.45) is 17.8 Å². The van der Waals surface area contributed by atoms with Gasteiger partial charge < -0.3 is 5.32 Å². The lowest BCUT2D eigenvalue weighted by molar-refractivity contribution is -0.113. The van der Waals surface area contributed by atoms with Crippen LogP contribution in [0, 0.1) is 17.8 Å². The molecule has 1 heterocycles. The van der Waals surface area contributed by atoms with Crippen LogP contribution in [0.5, 0.6) is 0 Å². The van der Waals surface area contributed by atoms with Crippen LogP contribution in [0.4, 0.5) is 5.13 Å². The van der Waals surface area contributed by atoms with Crippen LogP contribution in [0.15, 0.2) is 6.20 Å². The molecule has 0 saturated heterocycles. The number of hydrogen-bond acceptors (Lipinski definition) is 3. The Balaban J connectivity index is 1.59. The number of amides is 1. The maximum absolute atomic E-state index is 11.4. The number of nitrogens with zero attached hydrogens (tertiary/aromatic N) is 1. The van der Waals surface area contributed by atoms with Crippen molar-refractivity contribution < 1.29 is 4.79 Å². The van der Waals surface area contributed by atoms with Crippen molar-refractivity contribution in [1.29, 1.82) is 0 Å². The number of alkyl halides is 1. The standard InChI is InChI=1S/C15H19ClN2OS/c16-7-13(19)18-14-17-8-12(20-14)15-4-9-1-10(5-15)3-11(2-9)6-15/h8-11H,1-7H2,(H,17,18,19). The van der Waals surface area contributed by atoms with Crippen molar-refractivity contribution in [3.8, 4) is 0 Å². The highest BCUT2D eigenvalue weighted by molar-refractivity contribution is 7.15. The predicted octanol–water partition coefficient (Wildman–Crippen LogP) is 3.79. The van der Waals surface area contributed by atoms with E-state index in [9.17, 15) is 4.79 Å². The van der Waals surface area contributed by atoms with Gasteiger partial charge in [0.1, 0.15) is 5.88 Å². The lowest BCUT2D eigenvalue weighted by atomic mass is 9.49. The Morgan fingerprint density at radius 1 is 1.30 bits per heavy atom. The van der Waals surface area contributed by atoms with Crippen LogP contribution in [0.25, 0.3) is 0 Å². The Hall–Kier alpha value is -0.610. The zero-order valence-corrected chi connectivity index (χ0v) is 13.0. The zero-order chi connectivity index (χ0) is 13.7. The molecule has 4 aliphatic carbocycles. The minimum absolute atomic E-state index is 0.00766. The van der Waals surface area contributed by atoms with Gasteiger partial charge in [0.15, 0.2) is 5.13 Å². The van der Waals surface area contributed by atoms with Crippen LogP contribution < -0.4 is 5.32 Å². The molecule has 1 amide bonds. The summed E-state index contributed by atoms with van der Waals surface area (Å²) < 4.78 is 0. The van der Waals surface area contributed by atoms with E-state index in [1.807, 2.05) is 6.20 Å². The predicted molar refractivity (Wildman–Crippen MR) is 81.3 cm³/mol. The molecule has 5 heteroatoms. The molecule has 5 rings (SSSR count). The summed E-state index contributed by atoms with van der Waals surface area (Å²) in [6, 6.07) is 0. The molecule has 0 spiro atoms. The van der Waals surface area contributed by atoms with E-state index in [-0.39, 0.29) is 11.8 Å². The largest absolute Gasteiger partial charge is 0.301 e. The van der Waals surface area contributed by atoms with E-state index in [2.05, 4.69) is 10.3 Å². The fourth-order valence-electron chi connectivity index (χ4n) is 5.14. The molecule has 1 aromatic rings. The number of aromatic nitrogens is 1. The van der Waals surface area contributed by atoms with E-state index >= 15 is 0 Å². The van der Waals surface area contributed by atoms with Gasteiger partial charge >= 0.3 is 0 Å². The average molecular weight is 311 g/mol. The number of hydrogen-bond donors (Lipinski definition) is 1. The Bertz CT molecular complexity index is 506. The first-order chi connectivity index (χ1) is 9.67. The number of rotatable bonds is 3. The molecule has 108 valence electrons. The van der Waals surface area contributed by atoms with Gasteiger partial charge in [0.05, 0.1) is 0 Å². The molecule has 0 aromatic carbocycles. The highest BCUT2D eigenvalue weighted by Crippen LogP contribution is 2.61. The summed E-state index contributed by atoms with van der Waals surface area (Å²) in [5.41, 5.74) is 0.371. The lowest BCUT2D eigenvalue weighted by Gasteiger charge is -2.56. The van der Waals surface area contributed by atoms with Crippen molar-refractivity contribution in [2.45, 2.75) is 43.9 Å². The molecule has 0 unspecified atom stereocenters. The number of nitrogens with one attached hydrogen (secondary N) is 1. The van der Waals surface area contributed by atoms with Crippen molar-refractivity contribution >= 4 is 34.0 Å². The van der Waals surface area contributed by atoms with Gasteiger partial charge in [-0.2, -0.15) is 0 Å². The quantitative estimate of drug-likeness (QED) is 0.863. The van der Waals surface area contributed by atoms with E-state index < -0.39 is 0 Å². The first-order valence-electron chi connectivity index (χ1n) is 7.49. The maximum atomic E-state index is 11.4. The van der Waals surface area contributed by atoms with Gasteiger partial charge in [0.25, 0.3) is 0 Å². The molecule has 1 N–H and O–H groups in total. The minimum atomic E-state index is -0.168. The molecule has 0 radical (unpaired) electrons. The molecule has 4 saturated carbocycles. The smallest absolute Gasteiger partial charge is 0.241 e. The summed E-state index contributed by atoms with van der Waals surface area (Å²) in [6.45, 7) is 0. The minimum Gasteiger partial charge on any atom is -0.301 e. The van der Waals surface area contributed by atoms with Crippen LogP contribution >= 0.6 is 22.9 Å². The van der Waals surface area contributed by atoms with Crippen molar-refractivity contribution in [3.63, 3.8) is 0 Å². The number of anilines is 1. The number of thiazole rings is 1. The van der Waals surface area contributed by atoms with Crippen molar-refractivity contribution in [3.05, 3.63) is 11.1 Å². The Morgan fingerprint density at radius 3 is 2.45 bits per heavy atom. The van der Waals surface area contributed by atoms with Gasteiger partial charge in [-0.3, -0.25) is 4.79 Å². The second kappa shape index (κ2) is 4.70. The molecule has 4 bridgehead atoms.